The molecule has 0 amide bonds. The highest BCUT2D eigenvalue weighted by Crippen LogP contribution is 2.34. The predicted octanol–water partition coefficient (Wildman–Crippen LogP) is 2.13. The van der Waals surface area contributed by atoms with Crippen LogP contribution in [0.25, 0.3) is 0 Å². The van der Waals surface area contributed by atoms with Gasteiger partial charge in [-0.1, -0.05) is 0 Å². The molecule has 0 spiro atoms. The monoisotopic (exact) mass is 201 g/mol. The van der Waals surface area contributed by atoms with E-state index in [1.165, 1.54) is 12.8 Å². The molecule has 15 heavy (non-hydrogen) atoms. The van der Waals surface area contributed by atoms with E-state index in [1.807, 2.05) is 12.1 Å². The van der Waals surface area contributed by atoms with Crippen molar-refractivity contribution >= 4 is 11.4 Å². The number of benzene rings is 1. The van der Waals surface area contributed by atoms with E-state index in [0.717, 1.165) is 17.9 Å². The van der Waals surface area contributed by atoms with Crippen LogP contribution >= 0.6 is 0 Å². The van der Waals surface area contributed by atoms with Crippen LogP contribution in [0.1, 0.15) is 25.3 Å². The van der Waals surface area contributed by atoms with Crippen LogP contribution in [0.15, 0.2) is 18.2 Å². The lowest BCUT2D eigenvalue weighted by atomic mass is 10.1. The molecular formula is C12H15N3. The Morgan fingerprint density at radius 2 is 2.27 bits per heavy atom. The summed E-state index contributed by atoms with van der Waals surface area (Å²) in [5.74, 6) is 0. The molecule has 0 aromatic heterocycles. The standard InChI is InChI=1S/C12H15N3/c1-2-15(10-4-5-10)12-7-9(8-13)3-6-11(12)14/h3,6-7,10H,2,4-5,14H2,1H3. The number of rotatable bonds is 3. The number of nitriles is 1. The van der Waals surface area contributed by atoms with E-state index in [1.54, 1.807) is 6.07 Å². The van der Waals surface area contributed by atoms with Gasteiger partial charge in [-0.3, -0.25) is 0 Å². The summed E-state index contributed by atoms with van der Waals surface area (Å²) in [6.45, 7) is 3.07. The van der Waals surface area contributed by atoms with E-state index in [0.29, 0.717) is 11.6 Å². The highest BCUT2D eigenvalue weighted by molar-refractivity contribution is 5.70. The van der Waals surface area contributed by atoms with Gasteiger partial charge in [-0.25, -0.2) is 0 Å². The van der Waals surface area contributed by atoms with Crippen molar-refractivity contribution in [3.8, 4) is 6.07 Å². The lowest BCUT2D eigenvalue weighted by molar-refractivity contribution is 0.827. The molecule has 0 bridgehead atoms. The van der Waals surface area contributed by atoms with Crippen molar-refractivity contribution < 1.29 is 0 Å². The average molecular weight is 201 g/mol. The molecule has 3 heteroatoms. The number of nitrogens with zero attached hydrogens (tertiary/aromatic N) is 2. The highest BCUT2D eigenvalue weighted by Gasteiger charge is 2.29. The van der Waals surface area contributed by atoms with Crippen molar-refractivity contribution in [1.29, 1.82) is 5.26 Å². The molecule has 3 nitrogen and oxygen atoms in total. The first kappa shape index (κ1) is 9.85. The zero-order valence-corrected chi connectivity index (χ0v) is 8.90. The topological polar surface area (TPSA) is 53.0 Å². The highest BCUT2D eigenvalue weighted by atomic mass is 15.2. The summed E-state index contributed by atoms with van der Waals surface area (Å²) >= 11 is 0. The molecule has 0 aliphatic heterocycles. The molecule has 0 radical (unpaired) electrons. The second kappa shape index (κ2) is 3.82. The maximum atomic E-state index is 8.85. The molecule has 1 fully saturated rings. The van der Waals surface area contributed by atoms with Gasteiger partial charge in [-0.15, -0.1) is 0 Å². The van der Waals surface area contributed by atoms with Gasteiger partial charge in [0.15, 0.2) is 0 Å². The minimum absolute atomic E-state index is 0.631. The fourth-order valence-corrected chi connectivity index (χ4v) is 1.87. The summed E-state index contributed by atoms with van der Waals surface area (Å²) in [6, 6.07) is 8.25. The molecule has 0 atom stereocenters. The van der Waals surface area contributed by atoms with E-state index in [2.05, 4.69) is 17.9 Å². The normalized spacial score (nSPS) is 14.7. The van der Waals surface area contributed by atoms with Crippen molar-refractivity contribution in [2.45, 2.75) is 25.8 Å². The quantitative estimate of drug-likeness (QED) is 0.762. The Hall–Kier alpha value is -1.69. The van der Waals surface area contributed by atoms with Gasteiger partial charge < -0.3 is 10.6 Å². The van der Waals surface area contributed by atoms with Crippen LogP contribution in [0, 0.1) is 11.3 Å². The van der Waals surface area contributed by atoms with Crippen molar-refractivity contribution in [2.24, 2.45) is 0 Å². The van der Waals surface area contributed by atoms with Crippen LogP contribution in [-0.2, 0) is 0 Å². The van der Waals surface area contributed by atoms with Crippen molar-refractivity contribution in [3.05, 3.63) is 23.8 Å². The number of hydrogen-bond acceptors (Lipinski definition) is 3. The van der Waals surface area contributed by atoms with Crippen LogP contribution < -0.4 is 10.6 Å². The van der Waals surface area contributed by atoms with Gasteiger partial charge in [0.25, 0.3) is 0 Å². The minimum Gasteiger partial charge on any atom is -0.397 e. The van der Waals surface area contributed by atoms with Gasteiger partial charge >= 0.3 is 0 Å². The fourth-order valence-electron chi connectivity index (χ4n) is 1.87. The fraction of sp³-hybridized carbons (Fsp3) is 0.417. The molecule has 1 saturated carbocycles. The second-order valence-corrected chi connectivity index (χ2v) is 3.90. The summed E-state index contributed by atoms with van der Waals surface area (Å²) in [6.07, 6.45) is 2.48. The Morgan fingerprint density at radius 1 is 1.53 bits per heavy atom. The average Bonchev–Trinajstić information content (AvgIpc) is 3.06. The Kier molecular flexibility index (Phi) is 2.51. The predicted molar refractivity (Wildman–Crippen MR) is 61.6 cm³/mol. The van der Waals surface area contributed by atoms with Crippen LogP contribution in [0.5, 0.6) is 0 Å². The van der Waals surface area contributed by atoms with Crippen LogP contribution in [-0.4, -0.2) is 12.6 Å². The molecule has 1 aromatic carbocycles. The van der Waals surface area contributed by atoms with Gasteiger partial charge in [-0.2, -0.15) is 5.26 Å². The number of nitrogens with two attached hydrogens (primary N) is 1. The minimum atomic E-state index is 0.631. The Bertz CT molecular complexity index is 402. The molecule has 2 rings (SSSR count). The van der Waals surface area contributed by atoms with Gasteiger partial charge in [0.05, 0.1) is 23.0 Å². The Labute approximate surface area is 90.1 Å². The molecule has 0 heterocycles. The third kappa shape index (κ3) is 1.89. The zero-order chi connectivity index (χ0) is 10.8. The molecule has 0 unspecified atom stereocenters. The SMILES string of the molecule is CCN(c1cc(C#N)ccc1N)C1CC1. The van der Waals surface area contributed by atoms with Crippen LogP contribution in [0.2, 0.25) is 0 Å². The first-order chi connectivity index (χ1) is 7.26. The van der Waals surface area contributed by atoms with Gasteiger partial charge in [0.1, 0.15) is 0 Å². The maximum absolute atomic E-state index is 8.85. The van der Waals surface area contributed by atoms with Gasteiger partial charge in [0.2, 0.25) is 0 Å². The van der Waals surface area contributed by atoms with Gasteiger partial charge in [-0.05, 0) is 38.0 Å². The maximum Gasteiger partial charge on any atom is 0.0992 e. The summed E-state index contributed by atoms with van der Waals surface area (Å²) < 4.78 is 0. The summed E-state index contributed by atoms with van der Waals surface area (Å²) in [4.78, 5) is 2.29. The third-order valence-corrected chi connectivity index (χ3v) is 2.80. The molecule has 0 saturated heterocycles. The number of hydrogen-bond donors (Lipinski definition) is 1. The van der Waals surface area contributed by atoms with Gasteiger partial charge in [0, 0.05) is 12.6 Å². The Balaban J connectivity index is 2.36. The molecule has 1 aromatic rings. The molecular weight excluding hydrogens is 186 g/mol. The lowest BCUT2D eigenvalue weighted by Gasteiger charge is -2.24. The Morgan fingerprint density at radius 3 is 2.80 bits per heavy atom. The third-order valence-electron chi connectivity index (χ3n) is 2.80. The van der Waals surface area contributed by atoms with E-state index < -0.39 is 0 Å². The second-order valence-electron chi connectivity index (χ2n) is 3.90. The van der Waals surface area contributed by atoms with E-state index >= 15 is 0 Å². The molecule has 1 aliphatic carbocycles. The number of nitrogen functional groups attached to an aromatic ring is 1. The van der Waals surface area contributed by atoms with E-state index in [4.69, 9.17) is 11.0 Å². The summed E-state index contributed by atoms with van der Waals surface area (Å²) in [5.41, 5.74) is 8.39. The van der Waals surface area contributed by atoms with Crippen molar-refractivity contribution in [2.75, 3.05) is 17.2 Å². The van der Waals surface area contributed by atoms with Crippen LogP contribution in [0.4, 0.5) is 11.4 Å². The molecule has 2 N–H and O–H groups in total. The summed E-state index contributed by atoms with van der Waals surface area (Å²) in [7, 11) is 0. The summed E-state index contributed by atoms with van der Waals surface area (Å²) in [5, 5.41) is 8.85. The van der Waals surface area contributed by atoms with Crippen molar-refractivity contribution in [1.82, 2.24) is 0 Å². The zero-order valence-electron chi connectivity index (χ0n) is 8.90. The van der Waals surface area contributed by atoms with Crippen LogP contribution in [0.3, 0.4) is 0 Å². The van der Waals surface area contributed by atoms with E-state index in [-0.39, 0.29) is 0 Å². The first-order valence-corrected chi connectivity index (χ1v) is 5.32. The lowest BCUT2D eigenvalue weighted by Crippen LogP contribution is -2.25. The number of anilines is 2. The smallest absolute Gasteiger partial charge is 0.0992 e. The molecule has 1 aliphatic rings. The first-order valence-electron chi connectivity index (χ1n) is 5.32. The largest absolute Gasteiger partial charge is 0.397 e. The molecule has 78 valence electrons. The van der Waals surface area contributed by atoms with Crippen molar-refractivity contribution in [3.63, 3.8) is 0 Å². The van der Waals surface area contributed by atoms with E-state index in [9.17, 15) is 0 Å².